The third-order valence-electron chi connectivity index (χ3n) is 8.30. The van der Waals surface area contributed by atoms with E-state index in [0.717, 1.165) is 34.6 Å². The Labute approximate surface area is 252 Å². The highest BCUT2D eigenvalue weighted by Crippen LogP contribution is 2.46. The van der Waals surface area contributed by atoms with Gasteiger partial charge >= 0.3 is 18.4 Å². The molecular weight excluding hydrogens is 590 g/mol. The molecule has 4 rings (SSSR count). The van der Waals surface area contributed by atoms with E-state index in [2.05, 4.69) is 13.8 Å². The van der Waals surface area contributed by atoms with Crippen molar-refractivity contribution in [2.24, 2.45) is 5.41 Å². The topological polar surface area (TPSA) is 59.1 Å². The molecule has 1 saturated heterocycles. The summed E-state index contributed by atoms with van der Waals surface area (Å²) in [6.45, 7) is 7.57. The highest BCUT2D eigenvalue weighted by Gasteiger charge is 2.42. The molecule has 2 amide bonds. The van der Waals surface area contributed by atoms with Crippen LogP contribution in [0.25, 0.3) is 5.57 Å². The largest absolute Gasteiger partial charge is 0.496 e. The molecule has 0 N–H and O–H groups in total. The fraction of sp³-hybridized carbons (Fsp3) is 0.500. The zero-order chi connectivity index (χ0) is 32.8. The summed E-state index contributed by atoms with van der Waals surface area (Å²) in [6, 6.07) is 7.74. The smallest absolute Gasteiger partial charge is 0.416 e. The summed E-state index contributed by atoms with van der Waals surface area (Å²) in [5, 5.41) is 0. The Hall–Kier alpha value is -3.70. The SMILES string of the molecule is COc1ccc(N(C)C(=O)CC(F)(F)F)cc1C1=C(CN2C(=O)O[C@H](c3cc(C)cc(C(F)(F)F)c3)[C@@H]2C)CC(C)(C)CC1. The maximum atomic E-state index is 13.5. The highest BCUT2D eigenvalue weighted by atomic mass is 19.4. The van der Waals surface area contributed by atoms with Crippen LogP contribution in [0.1, 0.15) is 74.8 Å². The number of halogens is 6. The van der Waals surface area contributed by atoms with Crippen molar-refractivity contribution in [2.75, 3.05) is 25.6 Å². The number of amides is 2. The molecule has 44 heavy (non-hydrogen) atoms. The van der Waals surface area contributed by atoms with Crippen LogP contribution in [-0.2, 0) is 15.7 Å². The van der Waals surface area contributed by atoms with Crippen molar-refractivity contribution < 1.29 is 45.4 Å². The second kappa shape index (κ2) is 12.0. The van der Waals surface area contributed by atoms with Crippen LogP contribution >= 0.6 is 0 Å². The number of benzene rings is 2. The van der Waals surface area contributed by atoms with Gasteiger partial charge in [0, 0.05) is 24.8 Å². The average Bonchev–Trinajstić information content (AvgIpc) is 3.18. The molecule has 2 atom stereocenters. The molecule has 0 spiro atoms. The third kappa shape index (κ3) is 7.32. The number of hydrogen-bond donors (Lipinski definition) is 0. The first kappa shape index (κ1) is 33.2. The number of aryl methyl sites for hydroxylation is 1. The molecule has 0 unspecified atom stereocenters. The molecule has 1 heterocycles. The van der Waals surface area contributed by atoms with E-state index in [0.29, 0.717) is 29.7 Å². The number of methoxy groups -OCH3 is 1. The minimum Gasteiger partial charge on any atom is -0.496 e. The molecule has 2 aliphatic rings. The minimum absolute atomic E-state index is 0.128. The first-order valence-corrected chi connectivity index (χ1v) is 14.2. The molecule has 2 aromatic rings. The van der Waals surface area contributed by atoms with Gasteiger partial charge in [0.2, 0.25) is 5.91 Å². The van der Waals surface area contributed by atoms with E-state index in [1.807, 2.05) is 0 Å². The number of allylic oxidation sites excluding steroid dienone is 1. The molecular formula is C32H36F6N2O4. The van der Waals surface area contributed by atoms with E-state index in [1.54, 1.807) is 32.0 Å². The normalized spacial score (nSPS) is 20.5. The first-order valence-electron chi connectivity index (χ1n) is 14.2. The van der Waals surface area contributed by atoms with Crippen LogP contribution in [0.5, 0.6) is 5.75 Å². The molecule has 2 aromatic carbocycles. The van der Waals surface area contributed by atoms with Crippen molar-refractivity contribution in [1.29, 1.82) is 0 Å². The second-order valence-electron chi connectivity index (χ2n) is 12.4. The summed E-state index contributed by atoms with van der Waals surface area (Å²) >= 11 is 0. The lowest BCUT2D eigenvalue weighted by molar-refractivity contribution is -0.151. The number of alkyl halides is 6. The highest BCUT2D eigenvalue weighted by molar-refractivity contribution is 5.94. The molecule has 0 radical (unpaired) electrons. The lowest BCUT2D eigenvalue weighted by Gasteiger charge is -2.36. The molecule has 0 bridgehead atoms. The van der Waals surface area contributed by atoms with Crippen LogP contribution in [0.4, 0.5) is 36.8 Å². The van der Waals surface area contributed by atoms with Gasteiger partial charge in [-0.3, -0.25) is 9.69 Å². The second-order valence-corrected chi connectivity index (χ2v) is 12.4. The fourth-order valence-electron chi connectivity index (χ4n) is 5.97. The van der Waals surface area contributed by atoms with Gasteiger partial charge in [-0.2, -0.15) is 26.3 Å². The Morgan fingerprint density at radius 2 is 1.80 bits per heavy atom. The van der Waals surface area contributed by atoms with Gasteiger partial charge in [0.25, 0.3) is 0 Å². The lowest BCUT2D eigenvalue weighted by Crippen LogP contribution is -2.35. The number of carbonyl (C=O) groups excluding carboxylic acids is 2. The standard InChI is InChI=1S/C32H36F6N2O4/c1-18-11-20(13-22(12-18)32(36,37)38)28-19(2)40(29(42)44-28)17-21-15-30(3,4)10-9-24(21)25-14-23(7-8-26(25)43-6)39(5)27(41)16-31(33,34)35/h7-8,11-14,19,28H,9-10,15-17H2,1-6H3/t19-,28-/m0/s1. The molecule has 1 aliphatic carbocycles. The summed E-state index contributed by atoms with van der Waals surface area (Å²) in [7, 11) is 2.74. The summed E-state index contributed by atoms with van der Waals surface area (Å²) in [5.74, 6) is -0.663. The van der Waals surface area contributed by atoms with Gasteiger partial charge in [-0.15, -0.1) is 0 Å². The number of hydrogen-bond acceptors (Lipinski definition) is 4. The van der Waals surface area contributed by atoms with Crippen molar-refractivity contribution in [2.45, 2.75) is 77.9 Å². The van der Waals surface area contributed by atoms with Crippen molar-refractivity contribution in [3.05, 3.63) is 64.2 Å². The molecule has 6 nitrogen and oxygen atoms in total. The van der Waals surface area contributed by atoms with Gasteiger partial charge in [0.15, 0.2) is 0 Å². The zero-order valence-electron chi connectivity index (χ0n) is 25.4. The average molecular weight is 627 g/mol. The van der Waals surface area contributed by atoms with Gasteiger partial charge < -0.3 is 14.4 Å². The number of rotatable bonds is 7. The van der Waals surface area contributed by atoms with E-state index in [1.165, 1.54) is 25.1 Å². The van der Waals surface area contributed by atoms with E-state index >= 15 is 0 Å². The Balaban J connectivity index is 1.71. The Kier molecular flexibility index (Phi) is 9.06. The van der Waals surface area contributed by atoms with Crippen LogP contribution in [0, 0.1) is 12.3 Å². The van der Waals surface area contributed by atoms with Gasteiger partial charge in [-0.1, -0.05) is 25.5 Å². The van der Waals surface area contributed by atoms with Gasteiger partial charge in [0.1, 0.15) is 18.3 Å². The van der Waals surface area contributed by atoms with Crippen LogP contribution in [-0.4, -0.2) is 49.8 Å². The molecule has 240 valence electrons. The predicted octanol–water partition coefficient (Wildman–Crippen LogP) is 8.48. The molecule has 1 fully saturated rings. The van der Waals surface area contributed by atoms with Crippen LogP contribution < -0.4 is 9.64 Å². The fourth-order valence-corrected chi connectivity index (χ4v) is 5.97. The van der Waals surface area contributed by atoms with E-state index < -0.39 is 48.5 Å². The van der Waals surface area contributed by atoms with E-state index in [9.17, 15) is 35.9 Å². The Bertz CT molecular complexity index is 1460. The minimum atomic E-state index is -4.66. The molecule has 12 heteroatoms. The molecule has 1 aliphatic heterocycles. The number of anilines is 1. The number of nitrogens with zero attached hydrogens (tertiary/aromatic N) is 2. The van der Waals surface area contributed by atoms with E-state index in [4.69, 9.17) is 9.47 Å². The quantitative estimate of drug-likeness (QED) is 0.289. The van der Waals surface area contributed by atoms with Crippen molar-refractivity contribution >= 4 is 23.3 Å². The van der Waals surface area contributed by atoms with Crippen molar-refractivity contribution in [3.63, 3.8) is 0 Å². The third-order valence-corrected chi connectivity index (χ3v) is 8.30. The van der Waals surface area contributed by atoms with Gasteiger partial charge in [-0.05, 0) is 85.6 Å². The summed E-state index contributed by atoms with van der Waals surface area (Å²) in [6.07, 6.45) is -10.5. The summed E-state index contributed by atoms with van der Waals surface area (Å²) in [4.78, 5) is 27.9. The maximum Gasteiger partial charge on any atom is 0.416 e. The van der Waals surface area contributed by atoms with Crippen LogP contribution in [0.15, 0.2) is 42.0 Å². The maximum absolute atomic E-state index is 13.5. The zero-order valence-corrected chi connectivity index (χ0v) is 25.4. The summed E-state index contributed by atoms with van der Waals surface area (Å²) in [5.41, 5.74) is 2.21. The Morgan fingerprint density at radius 3 is 2.41 bits per heavy atom. The summed E-state index contributed by atoms with van der Waals surface area (Å²) < 4.78 is 90.5. The number of carbonyl (C=O) groups is 2. The number of cyclic esters (lactones) is 1. The molecule has 0 saturated carbocycles. The monoisotopic (exact) mass is 626 g/mol. The van der Waals surface area contributed by atoms with E-state index in [-0.39, 0.29) is 23.2 Å². The van der Waals surface area contributed by atoms with Crippen molar-refractivity contribution in [3.8, 4) is 5.75 Å². The molecule has 0 aromatic heterocycles. The predicted molar refractivity (Wildman–Crippen MR) is 153 cm³/mol. The van der Waals surface area contributed by atoms with Gasteiger partial charge in [-0.25, -0.2) is 4.79 Å². The lowest BCUT2D eigenvalue weighted by atomic mass is 9.72. The van der Waals surface area contributed by atoms with Crippen molar-refractivity contribution in [1.82, 2.24) is 4.90 Å². The van der Waals surface area contributed by atoms with Gasteiger partial charge in [0.05, 0.1) is 18.7 Å². The Morgan fingerprint density at radius 1 is 1.11 bits per heavy atom. The van der Waals surface area contributed by atoms with Crippen LogP contribution in [0.3, 0.4) is 0 Å². The van der Waals surface area contributed by atoms with Crippen LogP contribution in [0.2, 0.25) is 0 Å². The number of ether oxygens (including phenoxy) is 2. The first-order chi connectivity index (χ1) is 20.3.